The molecule has 1 saturated heterocycles. The lowest BCUT2D eigenvalue weighted by molar-refractivity contribution is 0.0782. The van der Waals surface area contributed by atoms with Gasteiger partial charge in [-0.2, -0.15) is 11.8 Å². The van der Waals surface area contributed by atoms with E-state index >= 15 is 0 Å². The monoisotopic (exact) mass is 524 g/mol. The Morgan fingerprint density at radius 2 is 1.93 bits per heavy atom. The molecule has 0 saturated carbocycles. The van der Waals surface area contributed by atoms with Gasteiger partial charge in [0.2, 0.25) is 0 Å². The predicted octanol–water partition coefficient (Wildman–Crippen LogP) is 4.55. The summed E-state index contributed by atoms with van der Waals surface area (Å²) < 4.78 is 11.3. The van der Waals surface area contributed by atoms with Crippen molar-refractivity contribution < 1.29 is 9.26 Å². The fraction of sp³-hybridized carbons (Fsp3) is 0.800. The fourth-order valence-corrected chi connectivity index (χ4v) is 4.71. The summed E-state index contributed by atoms with van der Waals surface area (Å²) in [6, 6.07) is 2.05. The number of aromatic nitrogens is 1. The number of guanidine groups is 1. The maximum Gasteiger partial charge on any atom is 0.191 e. The van der Waals surface area contributed by atoms with Gasteiger partial charge in [0, 0.05) is 43.0 Å². The van der Waals surface area contributed by atoms with E-state index in [9.17, 15) is 0 Å². The Hall–Kier alpha value is -0.480. The van der Waals surface area contributed by atoms with Crippen molar-refractivity contribution in [3.63, 3.8) is 0 Å². The molecule has 0 aliphatic carbocycles. The van der Waals surface area contributed by atoms with E-state index in [-0.39, 0.29) is 28.7 Å². The lowest BCUT2D eigenvalue weighted by Gasteiger charge is -2.37. The molecule has 0 spiro atoms. The van der Waals surface area contributed by atoms with Gasteiger partial charge >= 0.3 is 0 Å². The van der Waals surface area contributed by atoms with Gasteiger partial charge in [-0.3, -0.25) is 0 Å². The molecule has 1 aliphatic heterocycles. The third-order valence-electron chi connectivity index (χ3n) is 5.15. The Balaban J connectivity index is 0.00000392. The van der Waals surface area contributed by atoms with Crippen molar-refractivity contribution in [1.82, 2.24) is 15.8 Å². The van der Waals surface area contributed by atoms with Crippen molar-refractivity contribution >= 4 is 41.7 Å². The maximum atomic E-state index is 5.56. The quantitative estimate of drug-likeness (QED) is 0.266. The van der Waals surface area contributed by atoms with E-state index in [1.807, 2.05) is 11.8 Å². The number of rotatable bonds is 10. The van der Waals surface area contributed by atoms with Crippen LogP contribution < -0.4 is 10.6 Å². The summed E-state index contributed by atoms with van der Waals surface area (Å²) in [5.74, 6) is 3.24. The Bertz CT molecular complexity index is 567. The van der Waals surface area contributed by atoms with E-state index in [1.54, 1.807) is 0 Å². The molecule has 1 aliphatic rings. The molecule has 6 nitrogen and oxygen atoms in total. The highest BCUT2D eigenvalue weighted by atomic mass is 127. The Labute approximate surface area is 191 Å². The number of nitrogens with one attached hydrogen (secondary N) is 2. The molecule has 0 unspecified atom stereocenters. The molecule has 1 aromatic heterocycles. The van der Waals surface area contributed by atoms with Gasteiger partial charge in [0.05, 0.1) is 5.69 Å². The molecule has 0 bridgehead atoms. The van der Waals surface area contributed by atoms with Gasteiger partial charge in [0.25, 0.3) is 0 Å². The Morgan fingerprint density at radius 3 is 2.54 bits per heavy atom. The molecule has 2 rings (SSSR count). The minimum Gasteiger partial charge on any atom is -0.381 e. The van der Waals surface area contributed by atoms with E-state index in [4.69, 9.17) is 14.3 Å². The average Bonchev–Trinajstić information content (AvgIpc) is 3.15. The zero-order valence-corrected chi connectivity index (χ0v) is 20.9. The molecule has 2 heterocycles. The molecule has 1 aromatic rings. The first-order valence-electron chi connectivity index (χ1n) is 10.4. The number of thioether (sulfide) groups is 1. The third-order valence-corrected chi connectivity index (χ3v) is 6.60. The molecule has 2 N–H and O–H groups in total. The first kappa shape index (κ1) is 25.6. The second-order valence-corrected chi connectivity index (χ2v) is 8.74. The smallest absolute Gasteiger partial charge is 0.191 e. The number of ether oxygens (including phenoxy) is 1. The third kappa shape index (κ3) is 7.74. The molecular formula is C20H37IN4O2S. The van der Waals surface area contributed by atoms with E-state index in [0.717, 1.165) is 75.2 Å². The van der Waals surface area contributed by atoms with Gasteiger partial charge in [0.1, 0.15) is 6.54 Å². The lowest BCUT2D eigenvalue weighted by atomic mass is 9.99. The van der Waals surface area contributed by atoms with Crippen LogP contribution in [0.25, 0.3) is 0 Å². The van der Waals surface area contributed by atoms with Gasteiger partial charge in [0.15, 0.2) is 11.7 Å². The molecule has 8 heteroatoms. The zero-order valence-electron chi connectivity index (χ0n) is 17.8. The minimum absolute atomic E-state index is 0. The summed E-state index contributed by atoms with van der Waals surface area (Å²) in [6.07, 6.45) is 4.32. The molecule has 0 aromatic carbocycles. The summed E-state index contributed by atoms with van der Waals surface area (Å²) in [4.78, 5) is 4.70. The summed E-state index contributed by atoms with van der Waals surface area (Å²) in [5.41, 5.74) is 1.05. The first-order chi connectivity index (χ1) is 13.2. The standard InChI is InChI=1S/C20H36N4O2S.HI/c1-5-16(6-2)18-13-17(26-24-18)14-22-19(21-7-3)23-15-20(27-8-4)9-11-25-12-10-20;/h13,16H,5-12,14-15H2,1-4H3,(H2,21,22,23);1H. The Kier molecular flexibility index (Phi) is 12.5. The zero-order chi connectivity index (χ0) is 19.5. The van der Waals surface area contributed by atoms with E-state index in [1.165, 1.54) is 0 Å². The van der Waals surface area contributed by atoms with Crippen molar-refractivity contribution in [2.45, 2.75) is 70.6 Å². The molecule has 1 fully saturated rings. The number of halogens is 1. The topological polar surface area (TPSA) is 71.7 Å². The first-order valence-corrected chi connectivity index (χ1v) is 11.3. The van der Waals surface area contributed by atoms with Crippen LogP contribution in [-0.2, 0) is 11.3 Å². The Morgan fingerprint density at radius 1 is 1.21 bits per heavy atom. The lowest BCUT2D eigenvalue weighted by Crippen LogP contribution is -2.48. The van der Waals surface area contributed by atoms with Gasteiger partial charge < -0.3 is 19.9 Å². The maximum absolute atomic E-state index is 5.56. The van der Waals surface area contributed by atoms with Crippen LogP contribution in [0.3, 0.4) is 0 Å². The van der Waals surface area contributed by atoms with Gasteiger partial charge in [-0.25, -0.2) is 4.99 Å². The average molecular weight is 525 g/mol. The van der Waals surface area contributed by atoms with Crippen molar-refractivity contribution in [3.05, 3.63) is 17.5 Å². The van der Waals surface area contributed by atoms with Crippen LogP contribution in [0, 0.1) is 0 Å². The van der Waals surface area contributed by atoms with Crippen LogP contribution in [0.1, 0.15) is 70.8 Å². The highest BCUT2D eigenvalue weighted by molar-refractivity contribution is 14.0. The van der Waals surface area contributed by atoms with Crippen LogP contribution in [0.15, 0.2) is 15.6 Å². The summed E-state index contributed by atoms with van der Waals surface area (Å²) in [6.45, 7) is 12.6. The molecule has 0 atom stereocenters. The number of aliphatic imine (C=N–C) groups is 1. The van der Waals surface area contributed by atoms with Gasteiger partial charge in [-0.15, -0.1) is 24.0 Å². The van der Waals surface area contributed by atoms with Crippen LogP contribution in [0.2, 0.25) is 0 Å². The van der Waals surface area contributed by atoms with Crippen LogP contribution in [0.5, 0.6) is 0 Å². The van der Waals surface area contributed by atoms with Crippen LogP contribution >= 0.6 is 35.7 Å². The molecule has 0 amide bonds. The molecular weight excluding hydrogens is 487 g/mol. The van der Waals surface area contributed by atoms with E-state index in [2.05, 4.69) is 49.6 Å². The highest BCUT2D eigenvalue weighted by Gasteiger charge is 2.32. The van der Waals surface area contributed by atoms with Crippen LogP contribution in [0.4, 0.5) is 0 Å². The van der Waals surface area contributed by atoms with Crippen molar-refractivity contribution in [2.75, 3.05) is 32.1 Å². The van der Waals surface area contributed by atoms with Gasteiger partial charge in [-0.05, 0) is 38.4 Å². The normalized spacial score (nSPS) is 16.7. The second kappa shape index (κ2) is 13.7. The summed E-state index contributed by atoms with van der Waals surface area (Å²) >= 11 is 2.03. The van der Waals surface area contributed by atoms with Crippen molar-refractivity contribution in [1.29, 1.82) is 0 Å². The number of hydrogen-bond donors (Lipinski definition) is 2. The minimum atomic E-state index is 0. The number of hydrogen-bond acceptors (Lipinski definition) is 5. The highest BCUT2D eigenvalue weighted by Crippen LogP contribution is 2.34. The van der Waals surface area contributed by atoms with Gasteiger partial charge in [-0.1, -0.05) is 25.9 Å². The second-order valence-electron chi connectivity index (χ2n) is 7.01. The largest absolute Gasteiger partial charge is 0.381 e. The number of nitrogens with zero attached hydrogens (tertiary/aromatic N) is 2. The fourth-order valence-electron chi connectivity index (χ4n) is 3.47. The summed E-state index contributed by atoms with van der Waals surface area (Å²) in [7, 11) is 0. The SMILES string of the molecule is CCNC(=NCc1cc(C(CC)CC)no1)NCC1(SCC)CCOCC1.I. The molecule has 28 heavy (non-hydrogen) atoms. The molecule has 0 radical (unpaired) electrons. The molecule has 162 valence electrons. The van der Waals surface area contributed by atoms with Crippen LogP contribution in [-0.4, -0.2) is 47.9 Å². The van der Waals surface area contributed by atoms with E-state index in [0.29, 0.717) is 12.5 Å². The summed E-state index contributed by atoms with van der Waals surface area (Å²) in [5, 5.41) is 11.1. The predicted molar refractivity (Wildman–Crippen MR) is 129 cm³/mol. The van der Waals surface area contributed by atoms with E-state index < -0.39 is 0 Å². The van der Waals surface area contributed by atoms with Crippen molar-refractivity contribution in [3.8, 4) is 0 Å². The van der Waals surface area contributed by atoms with Crippen molar-refractivity contribution in [2.24, 2.45) is 4.99 Å².